The molecule has 0 amide bonds. The number of rotatable bonds is 4. The van der Waals surface area contributed by atoms with Crippen molar-refractivity contribution in [2.75, 3.05) is 0 Å². The first-order valence-electron chi connectivity index (χ1n) is 8.61. The van der Waals surface area contributed by atoms with Gasteiger partial charge in [0.2, 0.25) is 0 Å². The van der Waals surface area contributed by atoms with Crippen molar-refractivity contribution in [2.45, 2.75) is 19.3 Å². The summed E-state index contributed by atoms with van der Waals surface area (Å²) < 4.78 is 41.3. The van der Waals surface area contributed by atoms with Crippen LogP contribution in [0.1, 0.15) is 18.4 Å². The second-order valence-corrected chi connectivity index (χ2v) is 6.94. The van der Waals surface area contributed by atoms with E-state index in [4.69, 9.17) is 5.11 Å². The molecule has 0 aliphatic heterocycles. The lowest BCUT2D eigenvalue weighted by atomic mass is 9.72. The number of aromatic amines is 1. The molecule has 0 saturated heterocycles. The molecular formula is C21H18F3NO. The standard InChI is InChI=1S/C21H18F3NO/c22-15-3-1-14(2-4-15)20-17(9-13-7-12(8-13)5-6-26)18-10-16(23)11-19(24)21(18)25-20/h1-6,10-13,25-26H,7-9H2/b6-5+. The molecule has 1 heterocycles. The normalized spacial score (nSPS) is 20.0. The Morgan fingerprint density at radius 2 is 1.77 bits per heavy atom. The lowest BCUT2D eigenvalue weighted by Crippen LogP contribution is -2.24. The van der Waals surface area contributed by atoms with Gasteiger partial charge in [0.05, 0.1) is 11.8 Å². The van der Waals surface area contributed by atoms with Gasteiger partial charge in [0.1, 0.15) is 17.5 Å². The molecular weight excluding hydrogens is 339 g/mol. The molecule has 1 aromatic heterocycles. The summed E-state index contributed by atoms with van der Waals surface area (Å²) in [4.78, 5) is 3.07. The van der Waals surface area contributed by atoms with E-state index in [-0.39, 0.29) is 11.3 Å². The van der Waals surface area contributed by atoms with Gasteiger partial charge >= 0.3 is 0 Å². The van der Waals surface area contributed by atoms with Crippen molar-refractivity contribution < 1.29 is 18.3 Å². The zero-order chi connectivity index (χ0) is 18.3. The van der Waals surface area contributed by atoms with Crippen molar-refractivity contribution in [3.05, 3.63) is 71.8 Å². The molecule has 0 unspecified atom stereocenters. The number of aliphatic hydroxyl groups is 1. The summed E-state index contributed by atoms with van der Waals surface area (Å²) in [6.07, 6.45) is 5.35. The van der Waals surface area contributed by atoms with Crippen LogP contribution in [-0.2, 0) is 6.42 Å². The molecule has 4 rings (SSSR count). The van der Waals surface area contributed by atoms with E-state index in [1.807, 2.05) is 0 Å². The Kier molecular flexibility index (Phi) is 4.23. The number of halogens is 3. The first-order chi connectivity index (χ1) is 12.5. The molecule has 0 radical (unpaired) electrons. The largest absolute Gasteiger partial charge is 0.516 e. The van der Waals surface area contributed by atoms with Crippen LogP contribution in [0.25, 0.3) is 22.2 Å². The van der Waals surface area contributed by atoms with Crippen molar-refractivity contribution in [3.63, 3.8) is 0 Å². The minimum Gasteiger partial charge on any atom is -0.516 e. The third-order valence-corrected chi connectivity index (χ3v) is 5.19. The number of hydrogen-bond acceptors (Lipinski definition) is 1. The topological polar surface area (TPSA) is 36.0 Å². The molecule has 134 valence electrons. The molecule has 1 aliphatic rings. The molecule has 2 aromatic carbocycles. The SMILES string of the molecule is O/C=C/C1CC(Cc2c(-c3ccc(F)cc3)[nH]c3c(F)cc(F)cc23)C1. The van der Waals surface area contributed by atoms with Gasteiger partial charge in [0.25, 0.3) is 0 Å². The molecule has 26 heavy (non-hydrogen) atoms. The maximum Gasteiger partial charge on any atom is 0.150 e. The molecule has 0 bridgehead atoms. The average Bonchev–Trinajstić information content (AvgIpc) is 2.92. The third kappa shape index (κ3) is 2.98. The zero-order valence-electron chi connectivity index (χ0n) is 14.0. The Morgan fingerprint density at radius 1 is 1.04 bits per heavy atom. The fourth-order valence-corrected chi connectivity index (χ4v) is 3.87. The maximum absolute atomic E-state index is 14.2. The van der Waals surface area contributed by atoms with E-state index < -0.39 is 11.6 Å². The van der Waals surface area contributed by atoms with Gasteiger partial charge < -0.3 is 10.1 Å². The van der Waals surface area contributed by atoms with E-state index >= 15 is 0 Å². The fourth-order valence-electron chi connectivity index (χ4n) is 3.87. The number of aromatic nitrogens is 1. The van der Waals surface area contributed by atoms with Crippen molar-refractivity contribution in [3.8, 4) is 11.3 Å². The molecule has 1 saturated carbocycles. The molecule has 2 N–H and O–H groups in total. The van der Waals surface area contributed by atoms with Gasteiger partial charge in [0.15, 0.2) is 0 Å². The van der Waals surface area contributed by atoms with Crippen LogP contribution in [0.5, 0.6) is 0 Å². The van der Waals surface area contributed by atoms with Crippen LogP contribution in [-0.4, -0.2) is 10.1 Å². The molecule has 0 atom stereocenters. The summed E-state index contributed by atoms with van der Waals surface area (Å²) in [7, 11) is 0. The minimum absolute atomic E-state index is 0.270. The highest BCUT2D eigenvalue weighted by molar-refractivity contribution is 5.91. The Bertz CT molecular complexity index is 969. The molecule has 5 heteroatoms. The van der Waals surface area contributed by atoms with Crippen LogP contribution in [0.3, 0.4) is 0 Å². The monoisotopic (exact) mass is 357 g/mol. The van der Waals surface area contributed by atoms with Gasteiger partial charge in [0, 0.05) is 17.1 Å². The van der Waals surface area contributed by atoms with Crippen molar-refractivity contribution >= 4 is 10.9 Å². The highest BCUT2D eigenvalue weighted by Gasteiger charge is 2.29. The Balaban J connectivity index is 1.77. The van der Waals surface area contributed by atoms with Gasteiger partial charge in [-0.05, 0) is 78.6 Å². The number of benzene rings is 2. The molecule has 1 aliphatic carbocycles. The molecule has 2 nitrogen and oxygen atoms in total. The number of allylic oxidation sites excluding steroid dienone is 1. The fraction of sp³-hybridized carbons (Fsp3) is 0.238. The quantitative estimate of drug-likeness (QED) is 0.561. The van der Waals surface area contributed by atoms with Crippen molar-refractivity contribution in [1.29, 1.82) is 0 Å². The summed E-state index contributed by atoms with van der Waals surface area (Å²) in [5.41, 5.74) is 2.56. The lowest BCUT2D eigenvalue weighted by Gasteiger charge is -2.33. The first kappa shape index (κ1) is 16.8. The molecule has 0 spiro atoms. The van der Waals surface area contributed by atoms with E-state index in [1.54, 1.807) is 18.2 Å². The molecule has 1 fully saturated rings. The lowest BCUT2D eigenvalue weighted by molar-refractivity contribution is 0.235. The summed E-state index contributed by atoms with van der Waals surface area (Å²) in [5.74, 6) is -0.875. The first-order valence-corrected chi connectivity index (χ1v) is 8.61. The van der Waals surface area contributed by atoms with Gasteiger partial charge in [-0.25, -0.2) is 13.2 Å². The molecule has 3 aromatic rings. The number of nitrogens with one attached hydrogen (secondary N) is 1. The maximum atomic E-state index is 14.2. The predicted molar refractivity (Wildman–Crippen MR) is 95.3 cm³/mol. The van der Waals surface area contributed by atoms with Crippen LogP contribution in [0.2, 0.25) is 0 Å². The zero-order valence-corrected chi connectivity index (χ0v) is 14.0. The van der Waals surface area contributed by atoms with E-state index in [0.29, 0.717) is 29.3 Å². The van der Waals surface area contributed by atoms with Crippen molar-refractivity contribution in [2.24, 2.45) is 11.8 Å². The Hall–Kier alpha value is -2.69. The Morgan fingerprint density at radius 3 is 2.46 bits per heavy atom. The van der Waals surface area contributed by atoms with Crippen molar-refractivity contribution in [1.82, 2.24) is 4.98 Å². The van der Waals surface area contributed by atoms with E-state index in [2.05, 4.69) is 4.98 Å². The van der Waals surface area contributed by atoms with E-state index in [1.165, 1.54) is 18.2 Å². The second kappa shape index (κ2) is 6.56. The van der Waals surface area contributed by atoms with Gasteiger partial charge in [-0.15, -0.1) is 0 Å². The number of aliphatic hydroxyl groups excluding tert-OH is 1. The smallest absolute Gasteiger partial charge is 0.150 e. The van der Waals surface area contributed by atoms with Gasteiger partial charge in [-0.1, -0.05) is 0 Å². The van der Waals surface area contributed by atoms with Crippen LogP contribution < -0.4 is 0 Å². The minimum atomic E-state index is -0.635. The van der Waals surface area contributed by atoms with Crippen LogP contribution in [0.4, 0.5) is 13.2 Å². The summed E-state index contributed by atoms with van der Waals surface area (Å²) in [6.45, 7) is 0. The van der Waals surface area contributed by atoms with Crippen LogP contribution in [0.15, 0.2) is 48.7 Å². The van der Waals surface area contributed by atoms with Crippen LogP contribution >= 0.6 is 0 Å². The predicted octanol–water partition coefficient (Wildman–Crippen LogP) is 5.89. The van der Waals surface area contributed by atoms with E-state index in [0.717, 1.165) is 36.3 Å². The number of hydrogen-bond donors (Lipinski definition) is 2. The summed E-state index contributed by atoms with van der Waals surface area (Å²) in [6, 6.07) is 8.19. The highest BCUT2D eigenvalue weighted by atomic mass is 19.1. The number of H-pyrrole nitrogens is 1. The van der Waals surface area contributed by atoms with Crippen LogP contribution in [0, 0.1) is 29.3 Å². The highest BCUT2D eigenvalue weighted by Crippen LogP contribution is 2.41. The van der Waals surface area contributed by atoms with Gasteiger partial charge in [-0.3, -0.25) is 0 Å². The average molecular weight is 357 g/mol. The van der Waals surface area contributed by atoms with E-state index in [9.17, 15) is 13.2 Å². The summed E-state index contributed by atoms with van der Waals surface area (Å²) in [5, 5.41) is 9.39. The third-order valence-electron chi connectivity index (χ3n) is 5.19. The number of fused-ring (bicyclic) bond motifs is 1. The second-order valence-electron chi connectivity index (χ2n) is 6.94. The Labute approximate surface area is 149 Å². The van der Waals surface area contributed by atoms with Gasteiger partial charge in [-0.2, -0.15) is 0 Å². The summed E-state index contributed by atoms with van der Waals surface area (Å²) >= 11 is 0.